The van der Waals surface area contributed by atoms with Gasteiger partial charge in [0, 0.05) is 0 Å². The molecule has 0 saturated carbocycles. The van der Waals surface area contributed by atoms with Crippen LogP contribution in [0.25, 0.3) is 0 Å². The second-order valence-electron chi connectivity index (χ2n) is 2.42. The van der Waals surface area contributed by atoms with Crippen molar-refractivity contribution in [1.82, 2.24) is 0 Å². The van der Waals surface area contributed by atoms with Gasteiger partial charge in [-0.15, -0.1) is 0 Å². The Bertz CT molecular complexity index is 290. The lowest BCUT2D eigenvalue weighted by molar-refractivity contribution is -0.191. The fraction of sp³-hybridized carbons (Fsp3) is 0.300. The summed E-state index contributed by atoms with van der Waals surface area (Å²) in [6, 6.07) is 7.75. The molecule has 0 aliphatic rings. The van der Waals surface area contributed by atoms with Gasteiger partial charge in [0.05, 0.1) is 6.61 Å². The Morgan fingerprint density at radius 1 is 1.36 bits per heavy atom. The average molecular weight is 196 g/mol. The Balaban J connectivity index is 0.000000500. The Morgan fingerprint density at radius 3 is 2.43 bits per heavy atom. The van der Waals surface area contributed by atoms with E-state index in [1.54, 1.807) is 0 Å². The first-order valence-electron chi connectivity index (χ1n) is 4.04. The van der Waals surface area contributed by atoms with E-state index in [2.05, 4.69) is 0 Å². The van der Waals surface area contributed by atoms with Crippen LogP contribution in [0.2, 0.25) is 0 Å². The molecule has 1 N–H and O–H groups in total. The minimum atomic E-state index is 0.0638. The summed E-state index contributed by atoms with van der Waals surface area (Å²) in [5.41, 5.74) is 1.10. The van der Waals surface area contributed by atoms with Crippen molar-refractivity contribution >= 4 is 6.15 Å². The summed E-state index contributed by atoms with van der Waals surface area (Å²) in [5.74, 6) is 0.849. The third kappa shape index (κ3) is 5.09. The summed E-state index contributed by atoms with van der Waals surface area (Å²) < 4.78 is 5.24. The van der Waals surface area contributed by atoms with Gasteiger partial charge < -0.3 is 9.84 Å². The average Bonchev–Trinajstić information content (AvgIpc) is 2.18. The zero-order valence-electron chi connectivity index (χ0n) is 7.90. The second kappa shape index (κ2) is 7.98. The van der Waals surface area contributed by atoms with E-state index in [4.69, 9.17) is 19.4 Å². The molecule has 1 aromatic rings. The molecule has 1 aromatic carbocycles. The molecular weight excluding hydrogens is 184 g/mol. The second-order valence-corrected chi connectivity index (χ2v) is 2.42. The number of aryl methyl sites for hydroxylation is 1. The fourth-order valence-electron chi connectivity index (χ4n) is 0.874. The normalized spacial score (nSPS) is 8.14. The molecule has 0 saturated heterocycles. The minimum absolute atomic E-state index is 0.0638. The molecule has 0 heterocycles. The maximum atomic E-state index is 8.49. The number of hydrogen-bond acceptors (Lipinski definition) is 4. The highest BCUT2D eigenvalue weighted by Gasteiger charge is 1.94. The van der Waals surface area contributed by atoms with Gasteiger partial charge in [-0.25, -0.2) is 0 Å². The van der Waals surface area contributed by atoms with Crippen molar-refractivity contribution in [3.05, 3.63) is 29.8 Å². The first-order chi connectivity index (χ1) is 6.76. The summed E-state index contributed by atoms with van der Waals surface area (Å²) in [6.07, 6.45) is 0.250. The van der Waals surface area contributed by atoms with Crippen LogP contribution in [0.1, 0.15) is 5.56 Å². The molecule has 0 bridgehead atoms. The highest BCUT2D eigenvalue weighted by Crippen LogP contribution is 2.15. The molecule has 1 rings (SSSR count). The molecule has 0 amide bonds. The van der Waals surface area contributed by atoms with Gasteiger partial charge in [0.1, 0.15) is 12.4 Å². The van der Waals surface area contributed by atoms with E-state index in [1.165, 1.54) is 0 Å². The van der Waals surface area contributed by atoms with Crippen LogP contribution in [0.4, 0.5) is 0 Å². The zero-order chi connectivity index (χ0) is 10.8. The van der Waals surface area contributed by atoms with Crippen molar-refractivity contribution < 1.29 is 19.4 Å². The van der Waals surface area contributed by atoms with Crippen molar-refractivity contribution in [1.29, 1.82) is 0 Å². The van der Waals surface area contributed by atoms with Gasteiger partial charge in [0.25, 0.3) is 0 Å². The molecule has 4 nitrogen and oxygen atoms in total. The van der Waals surface area contributed by atoms with Gasteiger partial charge in [-0.3, -0.25) is 0 Å². The molecular formula is C10H12O4. The highest BCUT2D eigenvalue weighted by molar-refractivity contribution is 5.31. The summed E-state index contributed by atoms with van der Waals surface area (Å²) in [4.78, 5) is 16.2. The van der Waals surface area contributed by atoms with Crippen molar-refractivity contribution in [2.45, 2.75) is 6.92 Å². The largest absolute Gasteiger partial charge is 0.491 e. The summed E-state index contributed by atoms with van der Waals surface area (Å²) in [7, 11) is 0. The lowest BCUT2D eigenvalue weighted by Crippen LogP contribution is -2.02. The van der Waals surface area contributed by atoms with Crippen molar-refractivity contribution in [3.63, 3.8) is 0 Å². The van der Waals surface area contributed by atoms with E-state index in [1.807, 2.05) is 31.2 Å². The molecule has 0 fully saturated rings. The Labute approximate surface area is 82.1 Å². The van der Waals surface area contributed by atoms with Crippen molar-refractivity contribution in [2.75, 3.05) is 13.2 Å². The van der Waals surface area contributed by atoms with E-state index in [9.17, 15) is 0 Å². The Kier molecular flexibility index (Phi) is 7.05. The summed E-state index contributed by atoms with van der Waals surface area (Å²) in [5, 5.41) is 8.49. The van der Waals surface area contributed by atoms with Crippen LogP contribution in [-0.2, 0) is 9.59 Å². The number of carbonyl (C=O) groups excluding carboxylic acids is 2. The molecule has 0 aromatic heterocycles. The Hall–Kier alpha value is -1.64. The number of aliphatic hydroxyl groups excluding tert-OH is 1. The van der Waals surface area contributed by atoms with E-state index < -0.39 is 0 Å². The monoisotopic (exact) mass is 196 g/mol. The van der Waals surface area contributed by atoms with Crippen molar-refractivity contribution in [2.24, 2.45) is 0 Å². The quantitative estimate of drug-likeness (QED) is 0.776. The molecule has 14 heavy (non-hydrogen) atoms. The highest BCUT2D eigenvalue weighted by atomic mass is 16.5. The smallest absolute Gasteiger partial charge is 0.373 e. The maximum Gasteiger partial charge on any atom is 0.373 e. The van der Waals surface area contributed by atoms with Gasteiger partial charge in [-0.05, 0) is 18.6 Å². The molecule has 0 unspecified atom stereocenters. The SMILES string of the molecule is Cc1ccccc1OCCO.O=C=O. The lowest BCUT2D eigenvalue weighted by atomic mass is 10.2. The van der Waals surface area contributed by atoms with E-state index >= 15 is 0 Å². The van der Waals surface area contributed by atoms with Gasteiger partial charge in [0.2, 0.25) is 0 Å². The van der Waals surface area contributed by atoms with Crippen LogP contribution in [0.5, 0.6) is 5.75 Å². The standard InChI is InChI=1S/C9H12O2.CO2/c1-8-4-2-3-5-9(8)11-7-6-10;2-1-3/h2-5,10H,6-7H2,1H3;. The number of aliphatic hydroxyl groups is 1. The van der Waals surface area contributed by atoms with Crippen LogP contribution in [0, 0.1) is 6.92 Å². The van der Waals surface area contributed by atoms with Crippen LogP contribution >= 0.6 is 0 Å². The van der Waals surface area contributed by atoms with Gasteiger partial charge >= 0.3 is 6.15 Å². The summed E-state index contributed by atoms with van der Waals surface area (Å²) >= 11 is 0. The molecule has 0 aliphatic heterocycles. The van der Waals surface area contributed by atoms with Crippen LogP contribution in [0.15, 0.2) is 24.3 Å². The van der Waals surface area contributed by atoms with Crippen LogP contribution < -0.4 is 4.74 Å². The minimum Gasteiger partial charge on any atom is -0.491 e. The molecule has 76 valence electrons. The molecule has 0 radical (unpaired) electrons. The molecule has 0 spiro atoms. The van der Waals surface area contributed by atoms with Gasteiger partial charge in [-0.2, -0.15) is 9.59 Å². The number of ether oxygens (including phenoxy) is 1. The molecule has 0 atom stereocenters. The number of hydrogen-bond donors (Lipinski definition) is 1. The van der Waals surface area contributed by atoms with E-state index in [0.717, 1.165) is 11.3 Å². The molecule has 0 aliphatic carbocycles. The first kappa shape index (κ1) is 12.4. The van der Waals surface area contributed by atoms with Crippen molar-refractivity contribution in [3.8, 4) is 5.75 Å². The fourth-order valence-corrected chi connectivity index (χ4v) is 0.874. The zero-order valence-corrected chi connectivity index (χ0v) is 7.90. The van der Waals surface area contributed by atoms with Gasteiger partial charge in [0.15, 0.2) is 0 Å². The number of benzene rings is 1. The van der Waals surface area contributed by atoms with E-state index in [0.29, 0.717) is 6.61 Å². The summed E-state index contributed by atoms with van der Waals surface area (Å²) in [6.45, 7) is 2.41. The lowest BCUT2D eigenvalue weighted by Gasteiger charge is -2.05. The van der Waals surface area contributed by atoms with Gasteiger partial charge in [-0.1, -0.05) is 18.2 Å². The van der Waals surface area contributed by atoms with E-state index in [-0.39, 0.29) is 12.8 Å². The van der Waals surface area contributed by atoms with Crippen LogP contribution in [-0.4, -0.2) is 24.5 Å². The number of rotatable bonds is 3. The molecule has 4 heteroatoms. The Morgan fingerprint density at radius 2 is 1.93 bits per heavy atom. The third-order valence-electron chi connectivity index (χ3n) is 1.44. The third-order valence-corrected chi connectivity index (χ3v) is 1.44. The number of para-hydroxylation sites is 1. The predicted molar refractivity (Wildman–Crippen MR) is 48.8 cm³/mol. The topological polar surface area (TPSA) is 63.6 Å². The van der Waals surface area contributed by atoms with Crippen LogP contribution in [0.3, 0.4) is 0 Å². The maximum absolute atomic E-state index is 8.49. The predicted octanol–water partition coefficient (Wildman–Crippen LogP) is 0.783. The first-order valence-corrected chi connectivity index (χ1v) is 4.04.